The van der Waals surface area contributed by atoms with Gasteiger partial charge in [-0.1, -0.05) is 30.7 Å². The van der Waals surface area contributed by atoms with E-state index in [9.17, 15) is 9.59 Å². The van der Waals surface area contributed by atoms with Crippen LogP contribution in [0.1, 0.15) is 86.0 Å². The Labute approximate surface area is 186 Å². The Morgan fingerprint density at radius 1 is 1.06 bits per heavy atom. The highest BCUT2D eigenvalue weighted by Crippen LogP contribution is 2.80. The second-order valence-corrected chi connectivity index (χ2v) is 11.6. The zero-order valence-corrected chi connectivity index (χ0v) is 19.7. The highest BCUT2D eigenvalue weighted by Gasteiger charge is 2.76. The quantitative estimate of drug-likeness (QED) is 0.198. The van der Waals surface area contributed by atoms with Gasteiger partial charge in [-0.15, -0.1) is 0 Å². The van der Waals surface area contributed by atoms with Gasteiger partial charge in [-0.2, -0.15) is 0 Å². The molecule has 0 aromatic carbocycles. The summed E-state index contributed by atoms with van der Waals surface area (Å²) < 4.78 is 5.58. The molecule has 0 radical (unpaired) electrons. The van der Waals surface area contributed by atoms with Gasteiger partial charge in [-0.25, -0.2) is 4.79 Å². The number of ether oxygens (including phenoxy) is 1. The van der Waals surface area contributed by atoms with Crippen LogP contribution in [0.3, 0.4) is 0 Å². The number of carbonyl (C=O) groups is 2. The number of carbonyl (C=O) groups excluding carboxylic acids is 2. The highest BCUT2D eigenvalue weighted by atomic mass is 16.7. The molecule has 170 valence electrons. The molecule has 5 nitrogen and oxygen atoms in total. The Morgan fingerprint density at radius 3 is 2.55 bits per heavy atom. The molecule has 0 N–H and O–H groups in total. The molecule has 0 bridgehead atoms. The van der Waals surface area contributed by atoms with Crippen LogP contribution in [-0.2, 0) is 19.2 Å². The minimum atomic E-state index is -0.335. The van der Waals surface area contributed by atoms with Crippen LogP contribution in [0.15, 0.2) is 16.8 Å². The maximum absolute atomic E-state index is 11.5. The molecule has 0 saturated heterocycles. The summed E-state index contributed by atoms with van der Waals surface area (Å²) >= 11 is 0. The number of nitrogens with zero attached hydrogens (tertiary/aromatic N) is 1. The number of rotatable bonds is 3. The molecular weight excluding hydrogens is 390 g/mol. The van der Waals surface area contributed by atoms with Crippen molar-refractivity contribution in [1.29, 1.82) is 0 Å². The fourth-order valence-corrected chi connectivity index (χ4v) is 8.96. The van der Waals surface area contributed by atoms with E-state index in [1.54, 1.807) is 5.57 Å². The van der Waals surface area contributed by atoms with E-state index in [2.05, 4.69) is 32.0 Å². The van der Waals surface area contributed by atoms with Gasteiger partial charge in [0, 0.05) is 25.7 Å². The summed E-state index contributed by atoms with van der Waals surface area (Å²) in [6.07, 6.45) is 11.8. The average molecular weight is 428 g/mol. The molecule has 0 aromatic heterocycles. The van der Waals surface area contributed by atoms with E-state index in [4.69, 9.17) is 9.57 Å². The van der Waals surface area contributed by atoms with Crippen LogP contribution in [0, 0.1) is 39.9 Å². The van der Waals surface area contributed by atoms with Crippen molar-refractivity contribution in [2.45, 2.75) is 92.1 Å². The van der Waals surface area contributed by atoms with Gasteiger partial charge in [0.25, 0.3) is 0 Å². The molecule has 5 rings (SSSR count). The predicted octanol–water partition coefficient (Wildman–Crippen LogP) is 5.44. The molecule has 0 amide bonds. The second-order valence-electron chi connectivity index (χ2n) is 11.6. The summed E-state index contributed by atoms with van der Waals surface area (Å²) in [6, 6.07) is 0. The predicted molar refractivity (Wildman–Crippen MR) is 118 cm³/mol. The van der Waals surface area contributed by atoms with Crippen LogP contribution in [0.25, 0.3) is 0 Å². The van der Waals surface area contributed by atoms with Crippen LogP contribution in [0.2, 0.25) is 0 Å². The van der Waals surface area contributed by atoms with E-state index in [1.807, 2.05) is 0 Å². The van der Waals surface area contributed by atoms with Crippen LogP contribution < -0.4 is 0 Å². The summed E-state index contributed by atoms with van der Waals surface area (Å²) in [5.41, 5.74) is 3.22. The summed E-state index contributed by atoms with van der Waals surface area (Å²) in [6.45, 7) is 10.0. The maximum atomic E-state index is 11.5. The minimum absolute atomic E-state index is 0.0600. The fourth-order valence-electron chi connectivity index (χ4n) is 8.96. The first kappa shape index (κ1) is 21.2. The SMILES string of the molecule is CC(=O)ON=C(C)[C@]12C[C@H]1C[C@@H]1[C@H]3CC=C4C[C@@H](OC(C)=O)CC[C@]4(C)[C@@H]3CC[C@@]12C. The van der Waals surface area contributed by atoms with Gasteiger partial charge < -0.3 is 9.57 Å². The maximum Gasteiger partial charge on any atom is 0.331 e. The Hall–Kier alpha value is -1.65. The smallest absolute Gasteiger partial charge is 0.331 e. The molecule has 0 spiro atoms. The van der Waals surface area contributed by atoms with Crippen molar-refractivity contribution < 1.29 is 19.2 Å². The van der Waals surface area contributed by atoms with Crippen LogP contribution >= 0.6 is 0 Å². The lowest BCUT2D eigenvalue weighted by atomic mass is 9.46. The molecule has 0 aromatic rings. The first-order chi connectivity index (χ1) is 14.6. The lowest BCUT2D eigenvalue weighted by molar-refractivity contribution is -0.148. The molecule has 31 heavy (non-hydrogen) atoms. The van der Waals surface area contributed by atoms with Gasteiger partial charge in [0.05, 0.1) is 5.71 Å². The topological polar surface area (TPSA) is 65.0 Å². The first-order valence-electron chi connectivity index (χ1n) is 12.2. The van der Waals surface area contributed by atoms with E-state index in [-0.39, 0.29) is 34.3 Å². The van der Waals surface area contributed by atoms with E-state index in [1.165, 1.54) is 39.5 Å². The van der Waals surface area contributed by atoms with Crippen molar-refractivity contribution in [2.24, 2.45) is 45.1 Å². The summed E-state index contributed by atoms with van der Waals surface area (Å²) in [5.74, 6) is 2.37. The zero-order chi connectivity index (χ0) is 22.2. The van der Waals surface area contributed by atoms with Crippen LogP contribution in [0.5, 0.6) is 0 Å². The first-order valence-corrected chi connectivity index (χ1v) is 12.2. The summed E-state index contributed by atoms with van der Waals surface area (Å²) in [5, 5.41) is 4.28. The standard InChI is InChI=1S/C26H37NO4/c1-15(27-31-17(3)29)26-14-19(26)13-23-21-7-6-18-12-20(30-16(2)28)8-10-24(18,4)22(21)9-11-25(23,26)5/h6,19-23H,7-14H2,1-5H3/t19-,20+,21+,22-,23-,24+,25+,26-/m1/s1. The van der Waals surface area contributed by atoms with Gasteiger partial charge in [0.1, 0.15) is 6.10 Å². The molecule has 8 atom stereocenters. The largest absolute Gasteiger partial charge is 0.462 e. The third kappa shape index (κ3) is 2.90. The fraction of sp³-hybridized carbons (Fsp3) is 0.808. The van der Waals surface area contributed by atoms with Crippen LogP contribution in [0.4, 0.5) is 0 Å². The Bertz CT molecular complexity index is 877. The van der Waals surface area contributed by atoms with Crippen molar-refractivity contribution in [2.75, 3.05) is 0 Å². The number of esters is 1. The number of hydrogen-bond donors (Lipinski definition) is 0. The zero-order valence-electron chi connectivity index (χ0n) is 19.7. The summed E-state index contributed by atoms with van der Waals surface area (Å²) in [7, 11) is 0. The monoisotopic (exact) mass is 427 g/mol. The van der Waals surface area contributed by atoms with E-state index < -0.39 is 0 Å². The Kier molecular flexibility index (Phi) is 4.74. The van der Waals surface area contributed by atoms with Crippen molar-refractivity contribution in [1.82, 2.24) is 0 Å². The Morgan fingerprint density at radius 2 is 1.84 bits per heavy atom. The van der Waals surface area contributed by atoms with Crippen molar-refractivity contribution in [3.63, 3.8) is 0 Å². The van der Waals surface area contributed by atoms with Gasteiger partial charge >= 0.3 is 11.9 Å². The number of fused-ring (bicyclic) bond motifs is 7. The number of oxime groups is 1. The summed E-state index contributed by atoms with van der Waals surface area (Å²) in [4.78, 5) is 27.9. The molecular formula is C26H37NO4. The van der Waals surface area contributed by atoms with E-state index >= 15 is 0 Å². The lowest BCUT2D eigenvalue weighted by Gasteiger charge is -2.59. The number of allylic oxidation sites excluding steroid dienone is 1. The third-order valence-electron chi connectivity index (χ3n) is 10.4. The molecule has 4 saturated carbocycles. The normalized spacial score (nSPS) is 47.8. The van der Waals surface area contributed by atoms with E-state index in [0.29, 0.717) is 11.8 Å². The molecule has 4 fully saturated rings. The molecule has 5 aliphatic carbocycles. The van der Waals surface area contributed by atoms with E-state index in [0.717, 1.165) is 43.2 Å². The lowest BCUT2D eigenvalue weighted by Crippen LogP contribution is -2.52. The highest BCUT2D eigenvalue weighted by molar-refractivity contribution is 5.92. The van der Waals surface area contributed by atoms with Crippen molar-refractivity contribution in [3.8, 4) is 0 Å². The van der Waals surface area contributed by atoms with Gasteiger partial charge in [0.15, 0.2) is 0 Å². The minimum Gasteiger partial charge on any atom is -0.462 e. The van der Waals surface area contributed by atoms with Crippen LogP contribution in [-0.4, -0.2) is 23.8 Å². The van der Waals surface area contributed by atoms with Crippen molar-refractivity contribution >= 4 is 17.7 Å². The second kappa shape index (κ2) is 6.92. The Balaban J connectivity index is 1.40. The van der Waals surface area contributed by atoms with Crippen molar-refractivity contribution in [3.05, 3.63) is 11.6 Å². The third-order valence-corrected chi connectivity index (χ3v) is 10.4. The molecule has 5 aliphatic rings. The molecule has 5 heteroatoms. The molecule has 0 aliphatic heterocycles. The molecule has 0 unspecified atom stereocenters. The van der Waals surface area contributed by atoms with Gasteiger partial charge in [-0.05, 0) is 86.4 Å². The number of hydrogen-bond acceptors (Lipinski definition) is 5. The van der Waals surface area contributed by atoms with Gasteiger partial charge in [0.2, 0.25) is 0 Å². The average Bonchev–Trinajstić information content (AvgIpc) is 3.38. The van der Waals surface area contributed by atoms with Gasteiger partial charge in [-0.3, -0.25) is 4.79 Å². The molecule has 0 heterocycles.